The lowest BCUT2D eigenvalue weighted by atomic mass is 9.64. The van der Waals surface area contributed by atoms with Crippen molar-refractivity contribution >= 4 is 11.8 Å². The molecule has 0 bridgehead atoms. The topological polar surface area (TPSA) is 98.2 Å². The van der Waals surface area contributed by atoms with Gasteiger partial charge in [-0.15, -0.1) is 0 Å². The number of carbonyl (C=O) groups is 2. The lowest BCUT2D eigenvalue weighted by Gasteiger charge is -2.42. The lowest BCUT2D eigenvalue weighted by Crippen LogP contribution is -2.50. The minimum Gasteiger partial charge on any atom is -0.370 e. The van der Waals surface area contributed by atoms with E-state index in [0.717, 1.165) is 19.3 Å². The summed E-state index contributed by atoms with van der Waals surface area (Å²) in [5, 5.41) is 2.86. The molecule has 1 aliphatic carbocycles. The number of rotatable bonds is 6. The summed E-state index contributed by atoms with van der Waals surface area (Å²) in [4.78, 5) is 22.6. The molecule has 5 heteroatoms. The molecule has 0 heterocycles. The van der Waals surface area contributed by atoms with E-state index in [2.05, 4.69) is 17.4 Å². The van der Waals surface area contributed by atoms with Crippen LogP contribution >= 0.6 is 0 Å². The molecule has 0 aromatic heterocycles. The Morgan fingerprint density at radius 2 is 1.90 bits per heavy atom. The number of nitrogens with two attached hydrogens (primary N) is 2. The smallest absolute Gasteiger partial charge is 0.237 e. The second-order valence-electron chi connectivity index (χ2n) is 5.49. The average Bonchev–Trinajstić information content (AvgIpc) is 2.37. The maximum atomic E-state index is 11.9. The Labute approximate surface area is 118 Å². The highest BCUT2D eigenvalue weighted by molar-refractivity contribution is 5.87. The van der Waals surface area contributed by atoms with Crippen LogP contribution < -0.4 is 16.8 Å². The first-order valence-corrected chi connectivity index (χ1v) is 6.91. The first-order valence-electron chi connectivity index (χ1n) is 6.91. The van der Waals surface area contributed by atoms with Gasteiger partial charge in [-0.25, -0.2) is 0 Å². The molecule has 1 saturated carbocycles. The van der Waals surface area contributed by atoms with Crippen molar-refractivity contribution in [2.75, 3.05) is 6.54 Å². The molecule has 5 N–H and O–H groups in total. The maximum absolute atomic E-state index is 11.9. The number of benzene rings is 1. The van der Waals surface area contributed by atoms with Crippen molar-refractivity contribution in [3.05, 3.63) is 35.9 Å². The van der Waals surface area contributed by atoms with E-state index in [0.29, 0.717) is 6.54 Å². The molecule has 0 spiro atoms. The SMILES string of the molecule is NC(=O)C[C@H](N)C(=O)NCC1(c2ccccc2)CCC1. The fourth-order valence-electron chi connectivity index (χ4n) is 2.66. The van der Waals surface area contributed by atoms with Crippen LogP contribution in [0, 0.1) is 0 Å². The van der Waals surface area contributed by atoms with E-state index in [1.807, 2.05) is 18.2 Å². The van der Waals surface area contributed by atoms with Crippen molar-refractivity contribution in [3.63, 3.8) is 0 Å². The molecule has 1 aliphatic rings. The van der Waals surface area contributed by atoms with Gasteiger partial charge in [0.05, 0.1) is 12.5 Å². The first kappa shape index (κ1) is 14.5. The number of hydrogen-bond acceptors (Lipinski definition) is 3. The normalized spacial score (nSPS) is 17.9. The van der Waals surface area contributed by atoms with Crippen LogP contribution in [0.3, 0.4) is 0 Å². The number of amides is 2. The minimum absolute atomic E-state index is 0.0172. The van der Waals surface area contributed by atoms with E-state index in [1.54, 1.807) is 0 Å². The van der Waals surface area contributed by atoms with Crippen LogP contribution in [0.4, 0.5) is 0 Å². The Morgan fingerprint density at radius 3 is 2.40 bits per heavy atom. The quantitative estimate of drug-likeness (QED) is 0.702. The molecule has 1 aromatic rings. The molecule has 0 aliphatic heterocycles. The summed E-state index contributed by atoms with van der Waals surface area (Å²) >= 11 is 0. The number of primary amides is 1. The van der Waals surface area contributed by atoms with Crippen LogP contribution in [-0.2, 0) is 15.0 Å². The van der Waals surface area contributed by atoms with Gasteiger partial charge in [0.25, 0.3) is 0 Å². The predicted octanol–water partition coefficient (Wildman–Crippen LogP) is 0.427. The minimum atomic E-state index is -0.861. The Kier molecular flexibility index (Phi) is 4.39. The molecule has 2 rings (SSSR count). The van der Waals surface area contributed by atoms with Crippen molar-refractivity contribution in [2.24, 2.45) is 11.5 Å². The standard InChI is InChI=1S/C15H21N3O2/c16-12(9-13(17)19)14(20)18-10-15(7-4-8-15)11-5-2-1-3-6-11/h1-3,5-6,12H,4,7-10,16H2,(H2,17,19)(H,18,20)/t12-/m0/s1. The van der Waals surface area contributed by atoms with Gasteiger partial charge < -0.3 is 16.8 Å². The lowest BCUT2D eigenvalue weighted by molar-refractivity contribution is -0.126. The zero-order chi connectivity index (χ0) is 14.6. The molecular weight excluding hydrogens is 254 g/mol. The molecule has 5 nitrogen and oxygen atoms in total. The Morgan fingerprint density at radius 1 is 1.25 bits per heavy atom. The van der Waals surface area contributed by atoms with Gasteiger partial charge in [0.2, 0.25) is 11.8 Å². The monoisotopic (exact) mass is 275 g/mol. The second kappa shape index (κ2) is 6.05. The summed E-state index contributed by atoms with van der Waals surface area (Å²) in [6.45, 7) is 0.558. The van der Waals surface area contributed by atoms with Crippen molar-refractivity contribution in [3.8, 4) is 0 Å². The van der Waals surface area contributed by atoms with Gasteiger partial charge in [-0.05, 0) is 18.4 Å². The van der Waals surface area contributed by atoms with Crippen LogP contribution in [0.1, 0.15) is 31.2 Å². The van der Waals surface area contributed by atoms with Crippen molar-refractivity contribution in [1.82, 2.24) is 5.32 Å². The maximum Gasteiger partial charge on any atom is 0.237 e. The average molecular weight is 275 g/mol. The van der Waals surface area contributed by atoms with Gasteiger partial charge in [0.1, 0.15) is 0 Å². The van der Waals surface area contributed by atoms with E-state index >= 15 is 0 Å². The number of carbonyl (C=O) groups excluding carboxylic acids is 2. The summed E-state index contributed by atoms with van der Waals surface area (Å²) in [5.74, 6) is -0.875. The molecule has 1 atom stereocenters. The summed E-state index contributed by atoms with van der Waals surface area (Å²) in [7, 11) is 0. The molecule has 20 heavy (non-hydrogen) atoms. The molecule has 2 amide bonds. The van der Waals surface area contributed by atoms with Crippen LogP contribution in [-0.4, -0.2) is 24.4 Å². The van der Waals surface area contributed by atoms with Crippen LogP contribution in [0.5, 0.6) is 0 Å². The zero-order valence-electron chi connectivity index (χ0n) is 11.5. The van der Waals surface area contributed by atoms with E-state index in [4.69, 9.17) is 11.5 Å². The third-order valence-corrected chi connectivity index (χ3v) is 4.06. The highest BCUT2D eigenvalue weighted by Crippen LogP contribution is 2.43. The Balaban J connectivity index is 1.95. The fourth-order valence-corrected chi connectivity index (χ4v) is 2.66. The van der Waals surface area contributed by atoms with Gasteiger partial charge in [-0.3, -0.25) is 9.59 Å². The second-order valence-corrected chi connectivity index (χ2v) is 5.49. The molecule has 108 valence electrons. The van der Waals surface area contributed by atoms with E-state index < -0.39 is 11.9 Å². The summed E-state index contributed by atoms with van der Waals surface area (Å²) in [5.41, 5.74) is 11.9. The molecular formula is C15H21N3O2. The summed E-state index contributed by atoms with van der Waals surface area (Å²) < 4.78 is 0. The molecule has 0 saturated heterocycles. The van der Waals surface area contributed by atoms with E-state index in [-0.39, 0.29) is 17.7 Å². The van der Waals surface area contributed by atoms with Crippen LogP contribution in [0.15, 0.2) is 30.3 Å². The molecule has 1 aromatic carbocycles. The summed E-state index contributed by atoms with van der Waals surface area (Å²) in [6.07, 6.45) is 3.16. The van der Waals surface area contributed by atoms with Crippen molar-refractivity contribution in [1.29, 1.82) is 0 Å². The van der Waals surface area contributed by atoms with Gasteiger partial charge in [-0.1, -0.05) is 36.8 Å². The van der Waals surface area contributed by atoms with E-state index in [9.17, 15) is 9.59 Å². The van der Waals surface area contributed by atoms with Crippen molar-refractivity contribution < 1.29 is 9.59 Å². The Hall–Kier alpha value is -1.88. The van der Waals surface area contributed by atoms with Crippen LogP contribution in [0.25, 0.3) is 0 Å². The largest absolute Gasteiger partial charge is 0.370 e. The van der Waals surface area contributed by atoms with Gasteiger partial charge in [-0.2, -0.15) is 0 Å². The number of nitrogens with one attached hydrogen (secondary N) is 1. The van der Waals surface area contributed by atoms with Crippen molar-refractivity contribution in [2.45, 2.75) is 37.1 Å². The Bertz CT molecular complexity index is 483. The highest BCUT2D eigenvalue weighted by atomic mass is 16.2. The van der Waals surface area contributed by atoms with Crippen LogP contribution in [0.2, 0.25) is 0 Å². The summed E-state index contributed by atoms with van der Waals surface area (Å²) in [6, 6.07) is 9.33. The highest BCUT2D eigenvalue weighted by Gasteiger charge is 2.38. The molecule has 1 fully saturated rings. The predicted molar refractivity (Wildman–Crippen MR) is 76.8 cm³/mol. The first-order chi connectivity index (χ1) is 9.53. The van der Waals surface area contributed by atoms with Gasteiger partial charge in [0, 0.05) is 12.0 Å². The molecule has 0 radical (unpaired) electrons. The van der Waals surface area contributed by atoms with Gasteiger partial charge >= 0.3 is 0 Å². The third kappa shape index (κ3) is 3.17. The van der Waals surface area contributed by atoms with Gasteiger partial charge in [0.15, 0.2) is 0 Å². The molecule has 0 unspecified atom stereocenters. The number of hydrogen-bond donors (Lipinski definition) is 3. The fraction of sp³-hybridized carbons (Fsp3) is 0.467. The third-order valence-electron chi connectivity index (χ3n) is 4.06. The zero-order valence-corrected chi connectivity index (χ0v) is 11.5. The van der Waals surface area contributed by atoms with E-state index in [1.165, 1.54) is 5.56 Å².